The van der Waals surface area contributed by atoms with Gasteiger partial charge in [0.25, 0.3) is 5.56 Å². The normalized spacial score (nSPS) is 11.0. The number of halogens is 2. The molecule has 0 aliphatic heterocycles. The third-order valence-corrected chi connectivity index (χ3v) is 5.54. The average molecular weight is 454 g/mol. The summed E-state index contributed by atoms with van der Waals surface area (Å²) in [5, 5.41) is 0. The number of carbonyl (C=O) groups is 2. The molecule has 0 atom stereocenters. The first kappa shape index (κ1) is 21.2. The monoisotopic (exact) mass is 454 g/mol. The van der Waals surface area contributed by atoms with Crippen LogP contribution in [0.5, 0.6) is 0 Å². The number of pyridine rings is 2. The summed E-state index contributed by atoms with van der Waals surface area (Å²) in [5.41, 5.74) is 0.605. The minimum absolute atomic E-state index is 0.0135. The van der Waals surface area contributed by atoms with Gasteiger partial charge in [-0.25, -0.2) is 8.78 Å². The molecule has 0 aliphatic carbocycles. The Bertz CT molecular complexity index is 1620. The van der Waals surface area contributed by atoms with E-state index in [0.29, 0.717) is 5.52 Å². The number of carbonyl (C=O) groups excluding carboxylic acids is 2. The van der Waals surface area contributed by atoms with Crippen LogP contribution in [0.25, 0.3) is 11.2 Å². The minimum Gasteiger partial charge on any atom is -0.311 e. The fourth-order valence-corrected chi connectivity index (χ4v) is 3.97. The molecule has 0 aliphatic rings. The summed E-state index contributed by atoms with van der Waals surface area (Å²) in [7, 11) is 0. The number of benzene rings is 2. The van der Waals surface area contributed by atoms with Crippen molar-refractivity contribution in [2.24, 2.45) is 0 Å². The van der Waals surface area contributed by atoms with Gasteiger partial charge in [-0.15, -0.1) is 0 Å². The Balaban J connectivity index is 1.88. The lowest BCUT2D eigenvalue weighted by atomic mass is 9.97. The molecule has 0 unspecified atom stereocenters. The Kier molecular flexibility index (Phi) is 5.22. The fourth-order valence-electron chi connectivity index (χ4n) is 3.97. The third kappa shape index (κ3) is 3.53. The van der Waals surface area contributed by atoms with Crippen molar-refractivity contribution >= 4 is 17.1 Å². The molecular formula is C27H16F2N2O3. The molecule has 2 aromatic carbocycles. The van der Waals surface area contributed by atoms with Crippen LogP contribution in [0.1, 0.15) is 32.0 Å². The summed E-state index contributed by atoms with van der Waals surface area (Å²) < 4.78 is 29.9. The number of hydrogen-bond acceptors (Lipinski definition) is 3. The first-order valence-corrected chi connectivity index (χ1v) is 10.4. The number of aromatic nitrogens is 2. The van der Waals surface area contributed by atoms with Crippen LogP contribution in [0, 0.1) is 11.6 Å². The van der Waals surface area contributed by atoms with Crippen LogP contribution in [-0.4, -0.2) is 20.5 Å². The maximum atomic E-state index is 13.8. The zero-order valence-corrected chi connectivity index (χ0v) is 17.6. The van der Waals surface area contributed by atoms with E-state index in [2.05, 4.69) is 0 Å². The highest BCUT2D eigenvalue weighted by atomic mass is 19.1. The van der Waals surface area contributed by atoms with Gasteiger partial charge in [-0.2, -0.15) is 0 Å². The Labute approximate surface area is 192 Å². The first-order valence-electron chi connectivity index (χ1n) is 10.4. The van der Waals surface area contributed by atoms with Crippen LogP contribution in [0.2, 0.25) is 0 Å². The first-order chi connectivity index (χ1) is 16.5. The average Bonchev–Trinajstić information content (AvgIpc) is 3.19. The van der Waals surface area contributed by atoms with Crippen molar-refractivity contribution in [1.29, 1.82) is 0 Å². The second-order valence-corrected chi connectivity index (χ2v) is 7.61. The predicted octanol–water partition coefficient (Wildman–Crippen LogP) is 4.83. The van der Waals surface area contributed by atoms with Gasteiger partial charge in [-0.05, 0) is 66.7 Å². The molecular weight excluding hydrogens is 438 g/mol. The highest BCUT2D eigenvalue weighted by Crippen LogP contribution is 2.31. The molecule has 5 nitrogen and oxygen atoms in total. The topological polar surface area (TPSA) is 60.6 Å². The predicted molar refractivity (Wildman–Crippen MR) is 123 cm³/mol. The molecule has 0 bridgehead atoms. The van der Waals surface area contributed by atoms with Crippen molar-refractivity contribution in [3.63, 3.8) is 0 Å². The van der Waals surface area contributed by atoms with Gasteiger partial charge in [0.1, 0.15) is 17.3 Å². The molecule has 0 radical (unpaired) electrons. The number of ketones is 2. The highest BCUT2D eigenvalue weighted by molar-refractivity contribution is 6.22. The second-order valence-electron chi connectivity index (χ2n) is 7.61. The van der Waals surface area contributed by atoms with Crippen LogP contribution < -0.4 is 5.56 Å². The quantitative estimate of drug-likeness (QED) is 0.358. The molecule has 0 amide bonds. The van der Waals surface area contributed by atoms with Gasteiger partial charge < -0.3 is 4.40 Å². The van der Waals surface area contributed by atoms with Crippen molar-refractivity contribution in [2.45, 2.75) is 0 Å². The van der Waals surface area contributed by atoms with Crippen molar-refractivity contribution in [2.75, 3.05) is 0 Å². The number of nitrogens with zero attached hydrogens (tertiary/aromatic N) is 2. The summed E-state index contributed by atoms with van der Waals surface area (Å²) in [5.74, 6) is -2.10. The molecule has 5 rings (SSSR count). The highest BCUT2D eigenvalue weighted by Gasteiger charge is 2.30. The third-order valence-electron chi connectivity index (χ3n) is 5.54. The molecule has 34 heavy (non-hydrogen) atoms. The van der Waals surface area contributed by atoms with E-state index in [1.807, 2.05) is 0 Å². The molecule has 0 saturated heterocycles. The summed E-state index contributed by atoms with van der Waals surface area (Å²) in [6.45, 7) is 0. The van der Waals surface area contributed by atoms with E-state index in [4.69, 9.17) is 0 Å². The molecule has 166 valence electrons. The van der Waals surface area contributed by atoms with E-state index in [1.54, 1.807) is 36.5 Å². The largest absolute Gasteiger partial charge is 0.311 e. The van der Waals surface area contributed by atoms with Gasteiger partial charge in [0, 0.05) is 29.6 Å². The van der Waals surface area contributed by atoms with E-state index >= 15 is 0 Å². The Morgan fingerprint density at radius 3 is 1.82 bits per heavy atom. The van der Waals surface area contributed by atoms with Crippen molar-refractivity contribution < 1.29 is 18.4 Å². The fraction of sp³-hybridized carbons (Fsp3) is 0. The molecule has 0 spiro atoms. The van der Waals surface area contributed by atoms with E-state index in [1.165, 1.54) is 45.5 Å². The van der Waals surface area contributed by atoms with Gasteiger partial charge >= 0.3 is 0 Å². The zero-order chi connectivity index (χ0) is 23.8. The van der Waals surface area contributed by atoms with Crippen LogP contribution >= 0.6 is 0 Å². The van der Waals surface area contributed by atoms with Gasteiger partial charge in [-0.1, -0.05) is 12.1 Å². The standard InChI is InChI=1S/C27H16F2N2O3/c28-19-11-7-17(8-12-19)26(33)23-24(31-16-4-2-6-22(31)32)21-5-1-3-15-30(21)25(23)27(34)18-9-13-20(29)14-10-18/h1-16H. The summed E-state index contributed by atoms with van der Waals surface area (Å²) in [4.78, 5) is 40.2. The SMILES string of the molecule is O=C(c1ccc(F)cc1)c1c(-n2ccccc2=O)c2ccccn2c1C(=O)c1ccc(F)cc1. The lowest BCUT2D eigenvalue weighted by molar-refractivity contribution is 0.1000. The molecule has 3 heterocycles. The van der Waals surface area contributed by atoms with Gasteiger partial charge in [0.2, 0.25) is 5.78 Å². The maximum Gasteiger partial charge on any atom is 0.255 e. The summed E-state index contributed by atoms with van der Waals surface area (Å²) >= 11 is 0. The van der Waals surface area contributed by atoms with Gasteiger partial charge in [0.15, 0.2) is 5.78 Å². The molecule has 5 aromatic rings. The molecule has 3 aromatic heterocycles. The number of hydrogen-bond donors (Lipinski definition) is 0. The number of fused-ring (bicyclic) bond motifs is 1. The second kappa shape index (κ2) is 8.37. The van der Waals surface area contributed by atoms with Crippen molar-refractivity contribution in [3.05, 3.63) is 142 Å². The van der Waals surface area contributed by atoms with Crippen LogP contribution in [-0.2, 0) is 0 Å². The Morgan fingerprint density at radius 1 is 0.647 bits per heavy atom. The van der Waals surface area contributed by atoms with Crippen LogP contribution in [0.3, 0.4) is 0 Å². The smallest absolute Gasteiger partial charge is 0.255 e. The van der Waals surface area contributed by atoms with E-state index in [0.717, 1.165) is 24.3 Å². The Hall–Kier alpha value is -4.65. The van der Waals surface area contributed by atoms with E-state index in [9.17, 15) is 23.2 Å². The molecule has 0 fully saturated rings. The van der Waals surface area contributed by atoms with Crippen LogP contribution in [0.4, 0.5) is 8.78 Å². The Morgan fingerprint density at radius 2 is 1.21 bits per heavy atom. The molecule has 0 saturated carbocycles. The van der Waals surface area contributed by atoms with Gasteiger partial charge in [-0.3, -0.25) is 19.0 Å². The molecule has 7 heteroatoms. The van der Waals surface area contributed by atoms with Crippen molar-refractivity contribution in [1.82, 2.24) is 8.97 Å². The van der Waals surface area contributed by atoms with Gasteiger partial charge in [0.05, 0.1) is 16.8 Å². The summed E-state index contributed by atoms with van der Waals surface area (Å²) in [6, 6.07) is 19.6. The summed E-state index contributed by atoms with van der Waals surface area (Å²) in [6.07, 6.45) is 3.13. The van der Waals surface area contributed by atoms with E-state index in [-0.39, 0.29) is 28.1 Å². The minimum atomic E-state index is -0.556. The zero-order valence-electron chi connectivity index (χ0n) is 17.6. The van der Waals surface area contributed by atoms with Crippen molar-refractivity contribution in [3.8, 4) is 5.69 Å². The maximum absolute atomic E-state index is 13.8. The number of rotatable bonds is 5. The van der Waals surface area contributed by atoms with Crippen LogP contribution in [0.15, 0.2) is 102 Å². The molecule has 0 N–H and O–H groups in total. The lowest BCUT2D eigenvalue weighted by Crippen LogP contribution is -2.19. The van der Waals surface area contributed by atoms with E-state index < -0.39 is 28.8 Å². The lowest BCUT2D eigenvalue weighted by Gasteiger charge is -2.09.